The van der Waals surface area contributed by atoms with Gasteiger partial charge in [0.1, 0.15) is 0 Å². The molecule has 0 radical (unpaired) electrons. The Bertz CT molecular complexity index is 358. The van der Waals surface area contributed by atoms with Gasteiger partial charge in [0.2, 0.25) is 0 Å². The van der Waals surface area contributed by atoms with Gasteiger partial charge in [-0.1, -0.05) is 18.7 Å². The van der Waals surface area contributed by atoms with Crippen molar-refractivity contribution in [2.45, 2.75) is 18.6 Å². The normalized spacial score (nSPS) is 20.4. The summed E-state index contributed by atoms with van der Waals surface area (Å²) in [5, 5.41) is 9.20. The molecule has 4 nitrogen and oxygen atoms in total. The van der Waals surface area contributed by atoms with Crippen molar-refractivity contribution >= 4 is 16.9 Å². The molecule has 0 amide bonds. The van der Waals surface area contributed by atoms with Gasteiger partial charge in [0, 0.05) is 37.2 Å². The predicted molar refractivity (Wildman–Crippen MR) is 64.3 cm³/mol. The lowest BCUT2D eigenvalue weighted by Gasteiger charge is -2.05. The molecule has 1 aliphatic heterocycles. The van der Waals surface area contributed by atoms with E-state index in [9.17, 15) is 0 Å². The summed E-state index contributed by atoms with van der Waals surface area (Å²) in [5.41, 5.74) is 1.25. The van der Waals surface area contributed by atoms with Crippen molar-refractivity contribution in [3.8, 4) is 0 Å². The lowest BCUT2D eigenvalue weighted by atomic mass is 10.3. The van der Waals surface area contributed by atoms with Crippen molar-refractivity contribution in [2.24, 2.45) is 12.0 Å². The summed E-state index contributed by atoms with van der Waals surface area (Å²) >= 11 is 1.82. The third kappa shape index (κ3) is 2.75. The Kier molecular flexibility index (Phi) is 3.30. The number of hydrogen-bond acceptors (Lipinski definition) is 4. The van der Waals surface area contributed by atoms with Crippen LogP contribution >= 0.6 is 11.8 Å². The number of amidine groups is 1. The zero-order chi connectivity index (χ0) is 10.7. The van der Waals surface area contributed by atoms with Crippen LogP contribution in [0.5, 0.6) is 0 Å². The fourth-order valence-electron chi connectivity index (χ4n) is 1.52. The topological polar surface area (TPSA) is 42.2 Å². The summed E-state index contributed by atoms with van der Waals surface area (Å²) in [6, 6.07) is 2.05. The van der Waals surface area contributed by atoms with Gasteiger partial charge in [-0.15, -0.1) is 0 Å². The van der Waals surface area contributed by atoms with Gasteiger partial charge >= 0.3 is 0 Å². The van der Waals surface area contributed by atoms with E-state index >= 15 is 0 Å². The van der Waals surface area contributed by atoms with Gasteiger partial charge < -0.3 is 5.32 Å². The van der Waals surface area contributed by atoms with Crippen LogP contribution in [0.4, 0.5) is 0 Å². The first-order chi connectivity index (χ1) is 7.25. The highest BCUT2D eigenvalue weighted by atomic mass is 32.2. The van der Waals surface area contributed by atoms with Crippen LogP contribution in [-0.4, -0.2) is 33.3 Å². The minimum atomic E-state index is 0.629. The molecule has 0 fully saturated rings. The van der Waals surface area contributed by atoms with E-state index in [0.717, 1.165) is 24.7 Å². The number of hydrogen-bond donors (Lipinski definition) is 1. The molecule has 0 bridgehead atoms. The van der Waals surface area contributed by atoms with Crippen LogP contribution in [0.2, 0.25) is 0 Å². The second-order valence-corrected chi connectivity index (χ2v) is 5.12. The van der Waals surface area contributed by atoms with E-state index in [-0.39, 0.29) is 0 Å². The monoisotopic (exact) mass is 224 g/mol. The van der Waals surface area contributed by atoms with Crippen molar-refractivity contribution in [1.82, 2.24) is 15.1 Å². The number of rotatable bonds is 3. The Morgan fingerprint density at radius 2 is 2.53 bits per heavy atom. The predicted octanol–water partition coefficient (Wildman–Crippen LogP) is 1.04. The Hall–Kier alpha value is -0.970. The van der Waals surface area contributed by atoms with Crippen LogP contribution < -0.4 is 5.32 Å². The molecule has 1 N–H and O–H groups in total. The molecule has 0 saturated heterocycles. The van der Waals surface area contributed by atoms with Gasteiger partial charge in [-0.2, -0.15) is 5.10 Å². The maximum Gasteiger partial charge on any atom is 0.156 e. The summed E-state index contributed by atoms with van der Waals surface area (Å²) in [7, 11) is 1.97. The van der Waals surface area contributed by atoms with E-state index in [1.54, 1.807) is 0 Å². The Morgan fingerprint density at radius 1 is 1.67 bits per heavy atom. The zero-order valence-electron chi connectivity index (χ0n) is 9.10. The number of aromatic nitrogens is 2. The van der Waals surface area contributed by atoms with Crippen molar-refractivity contribution in [1.29, 1.82) is 0 Å². The Morgan fingerprint density at radius 3 is 3.13 bits per heavy atom. The second-order valence-electron chi connectivity index (χ2n) is 3.70. The smallest absolute Gasteiger partial charge is 0.156 e. The molecular formula is C10H16N4S. The standard InChI is InChI=1S/C10H16N4S/c1-8-7-12-10(15-8)11-5-3-9-4-6-13-14(9)2/h4,6,8H,3,5,7H2,1-2H3,(H,11,12). The maximum atomic E-state index is 4.40. The molecule has 1 aliphatic rings. The molecule has 82 valence electrons. The summed E-state index contributed by atoms with van der Waals surface area (Å²) < 4.78 is 1.91. The van der Waals surface area contributed by atoms with Gasteiger partial charge in [0.25, 0.3) is 0 Å². The lowest BCUT2D eigenvalue weighted by molar-refractivity contribution is 0.696. The van der Waals surface area contributed by atoms with Crippen molar-refractivity contribution in [2.75, 3.05) is 13.1 Å². The van der Waals surface area contributed by atoms with E-state index < -0.39 is 0 Å². The largest absolute Gasteiger partial charge is 0.365 e. The first kappa shape index (κ1) is 10.5. The van der Waals surface area contributed by atoms with E-state index in [4.69, 9.17) is 0 Å². The minimum absolute atomic E-state index is 0.629. The quantitative estimate of drug-likeness (QED) is 0.834. The highest BCUT2D eigenvalue weighted by Crippen LogP contribution is 2.18. The van der Waals surface area contributed by atoms with Gasteiger partial charge in [-0.05, 0) is 6.07 Å². The minimum Gasteiger partial charge on any atom is -0.365 e. The summed E-state index contributed by atoms with van der Waals surface area (Å²) in [6.45, 7) is 4.07. The maximum absolute atomic E-state index is 4.40. The average molecular weight is 224 g/mol. The lowest BCUT2D eigenvalue weighted by Crippen LogP contribution is -2.22. The van der Waals surface area contributed by atoms with Crippen LogP contribution in [0.1, 0.15) is 12.6 Å². The number of thioether (sulfide) groups is 1. The molecule has 0 saturated carbocycles. The van der Waals surface area contributed by atoms with Gasteiger partial charge in [-0.25, -0.2) is 0 Å². The van der Waals surface area contributed by atoms with E-state index in [1.165, 1.54) is 5.69 Å². The highest BCUT2D eigenvalue weighted by Gasteiger charge is 2.13. The van der Waals surface area contributed by atoms with Crippen LogP contribution in [0.3, 0.4) is 0 Å². The highest BCUT2D eigenvalue weighted by molar-refractivity contribution is 8.14. The van der Waals surface area contributed by atoms with Gasteiger partial charge in [-0.3, -0.25) is 9.67 Å². The molecular weight excluding hydrogens is 208 g/mol. The number of aryl methyl sites for hydroxylation is 1. The van der Waals surface area contributed by atoms with E-state index in [0.29, 0.717) is 5.25 Å². The molecule has 1 atom stereocenters. The van der Waals surface area contributed by atoms with Crippen LogP contribution in [0, 0.1) is 0 Å². The average Bonchev–Trinajstić information content (AvgIpc) is 2.77. The third-order valence-corrected chi connectivity index (χ3v) is 3.43. The first-order valence-corrected chi connectivity index (χ1v) is 6.05. The molecule has 1 aromatic rings. The molecule has 2 rings (SSSR count). The summed E-state index contributed by atoms with van der Waals surface area (Å²) in [6.07, 6.45) is 2.82. The van der Waals surface area contributed by atoms with Crippen LogP contribution in [0.15, 0.2) is 17.3 Å². The van der Waals surface area contributed by atoms with E-state index in [2.05, 4.69) is 22.3 Å². The number of nitrogens with zero attached hydrogens (tertiary/aromatic N) is 3. The molecule has 2 heterocycles. The van der Waals surface area contributed by atoms with Gasteiger partial charge in [0.15, 0.2) is 5.17 Å². The van der Waals surface area contributed by atoms with E-state index in [1.807, 2.05) is 35.8 Å². The van der Waals surface area contributed by atoms with Crippen molar-refractivity contribution in [3.05, 3.63) is 18.0 Å². The number of aliphatic imine (C=N–C) groups is 1. The molecule has 5 heteroatoms. The SMILES string of the molecule is CC1CN=C(NCCc2ccnn2C)S1. The fourth-order valence-corrected chi connectivity index (χ4v) is 2.38. The molecule has 0 aromatic carbocycles. The molecule has 0 aliphatic carbocycles. The fraction of sp³-hybridized carbons (Fsp3) is 0.600. The summed E-state index contributed by atoms with van der Waals surface area (Å²) in [4.78, 5) is 4.40. The molecule has 1 aromatic heterocycles. The second kappa shape index (κ2) is 4.70. The van der Waals surface area contributed by atoms with Crippen LogP contribution in [-0.2, 0) is 13.5 Å². The first-order valence-electron chi connectivity index (χ1n) is 5.17. The van der Waals surface area contributed by atoms with Crippen LogP contribution in [0.25, 0.3) is 0 Å². The van der Waals surface area contributed by atoms with Crippen molar-refractivity contribution in [3.63, 3.8) is 0 Å². The third-order valence-electron chi connectivity index (χ3n) is 2.38. The Labute approximate surface area is 94.2 Å². The summed E-state index contributed by atoms with van der Waals surface area (Å²) in [5.74, 6) is 0. The van der Waals surface area contributed by atoms with Gasteiger partial charge in [0.05, 0.1) is 6.54 Å². The molecule has 1 unspecified atom stereocenters. The zero-order valence-corrected chi connectivity index (χ0v) is 9.92. The van der Waals surface area contributed by atoms with Crippen molar-refractivity contribution < 1.29 is 0 Å². The molecule has 15 heavy (non-hydrogen) atoms. The number of nitrogens with one attached hydrogen (secondary N) is 1. The Balaban J connectivity index is 1.74. The molecule has 0 spiro atoms.